The molecule has 104 valence electrons. The van der Waals surface area contributed by atoms with Crippen LogP contribution in [0.4, 0.5) is 0 Å². The van der Waals surface area contributed by atoms with Gasteiger partial charge in [0.1, 0.15) is 5.69 Å². The van der Waals surface area contributed by atoms with Crippen LogP contribution in [-0.4, -0.2) is 27.8 Å². The number of fused-ring (bicyclic) bond motifs is 3. The second-order valence-corrected chi connectivity index (χ2v) is 5.47. The average Bonchev–Trinajstić information content (AvgIpc) is 2.88. The standard InChI is InChI=1S/C15H16N2O3.Li/c1-8(2)13(15(19)20)17-7-10-9-5-3-4-6-11(9)16-12(10)14(17)18;/h3-6,8,13,16H,7H2,1-2H3,(H,19,20);/q;+1/p-1/t13-;/m0./s1. The van der Waals surface area contributed by atoms with E-state index in [2.05, 4.69) is 4.98 Å². The Morgan fingerprint density at radius 3 is 2.62 bits per heavy atom. The number of para-hydroxylation sites is 1. The third-order valence-corrected chi connectivity index (χ3v) is 3.83. The maximum atomic E-state index is 12.4. The molecule has 6 heteroatoms. The van der Waals surface area contributed by atoms with E-state index in [0.717, 1.165) is 16.5 Å². The first-order chi connectivity index (χ1) is 9.50. The maximum Gasteiger partial charge on any atom is 1.00 e. The van der Waals surface area contributed by atoms with E-state index in [1.54, 1.807) is 13.8 Å². The summed E-state index contributed by atoms with van der Waals surface area (Å²) < 4.78 is 0. The molecule has 0 spiro atoms. The van der Waals surface area contributed by atoms with Crippen molar-refractivity contribution >= 4 is 22.8 Å². The summed E-state index contributed by atoms with van der Waals surface area (Å²) in [5.74, 6) is -1.67. The number of nitrogens with one attached hydrogen (secondary N) is 1. The molecule has 2 aromatic rings. The molecule has 0 unspecified atom stereocenters. The van der Waals surface area contributed by atoms with Crippen molar-refractivity contribution in [2.75, 3.05) is 0 Å². The summed E-state index contributed by atoms with van der Waals surface area (Å²) in [5, 5.41) is 12.3. The molecule has 0 aliphatic carbocycles. The molecule has 3 rings (SSSR count). The van der Waals surface area contributed by atoms with Crippen LogP contribution in [0.2, 0.25) is 0 Å². The molecule has 5 nitrogen and oxygen atoms in total. The number of carbonyl (C=O) groups excluding carboxylic acids is 2. The normalized spacial score (nSPS) is 15.2. The maximum absolute atomic E-state index is 12.4. The fourth-order valence-corrected chi connectivity index (χ4v) is 2.92. The van der Waals surface area contributed by atoms with Gasteiger partial charge in [0.05, 0.1) is 12.0 Å². The van der Waals surface area contributed by atoms with E-state index in [-0.39, 0.29) is 30.7 Å². The molecule has 1 aromatic carbocycles. The van der Waals surface area contributed by atoms with Crippen molar-refractivity contribution in [3.05, 3.63) is 35.5 Å². The Hall–Kier alpha value is -1.70. The summed E-state index contributed by atoms with van der Waals surface area (Å²) >= 11 is 0. The fourth-order valence-electron chi connectivity index (χ4n) is 2.92. The number of rotatable bonds is 3. The van der Waals surface area contributed by atoms with Crippen molar-refractivity contribution < 1.29 is 33.6 Å². The zero-order valence-corrected chi connectivity index (χ0v) is 12.3. The van der Waals surface area contributed by atoms with E-state index < -0.39 is 12.0 Å². The van der Waals surface area contributed by atoms with E-state index in [9.17, 15) is 14.7 Å². The molecule has 1 amide bonds. The predicted molar refractivity (Wildman–Crippen MR) is 71.8 cm³/mol. The molecule has 0 radical (unpaired) electrons. The number of hydrogen-bond donors (Lipinski definition) is 1. The molecule has 2 heterocycles. The van der Waals surface area contributed by atoms with Gasteiger partial charge in [0.25, 0.3) is 5.91 Å². The van der Waals surface area contributed by atoms with Gasteiger partial charge in [-0.3, -0.25) is 4.79 Å². The number of aromatic amines is 1. The second kappa shape index (κ2) is 5.59. The SMILES string of the molecule is CC(C)[C@@H](C(=O)[O-])N1Cc2c([nH]c3ccccc23)C1=O.[Li+]. The van der Waals surface area contributed by atoms with E-state index in [4.69, 9.17) is 0 Å². The number of amides is 1. The summed E-state index contributed by atoms with van der Waals surface area (Å²) in [6, 6.07) is 6.74. The minimum absolute atomic E-state index is 0. The van der Waals surface area contributed by atoms with Crippen molar-refractivity contribution in [1.29, 1.82) is 0 Å². The van der Waals surface area contributed by atoms with Gasteiger partial charge >= 0.3 is 18.9 Å². The van der Waals surface area contributed by atoms with Gasteiger partial charge in [0.2, 0.25) is 0 Å². The molecule has 0 bridgehead atoms. The van der Waals surface area contributed by atoms with Crippen LogP contribution in [0.5, 0.6) is 0 Å². The molecule has 1 atom stereocenters. The Morgan fingerprint density at radius 2 is 2.00 bits per heavy atom. The van der Waals surface area contributed by atoms with Crippen molar-refractivity contribution in [2.24, 2.45) is 5.92 Å². The molecule has 1 N–H and O–H groups in total. The van der Waals surface area contributed by atoms with Gasteiger partial charge in [-0.15, -0.1) is 0 Å². The molecule has 21 heavy (non-hydrogen) atoms. The third-order valence-electron chi connectivity index (χ3n) is 3.83. The quantitative estimate of drug-likeness (QED) is 0.654. The molecule has 1 aliphatic heterocycles. The summed E-state index contributed by atoms with van der Waals surface area (Å²) in [5.41, 5.74) is 2.27. The number of carboxylic acid groups (broad SMARTS) is 1. The Labute approximate surface area is 134 Å². The minimum atomic E-state index is -1.21. The van der Waals surface area contributed by atoms with Crippen LogP contribution >= 0.6 is 0 Å². The van der Waals surface area contributed by atoms with Crippen LogP contribution in [0.25, 0.3) is 10.9 Å². The zero-order chi connectivity index (χ0) is 14.4. The third kappa shape index (κ3) is 2.37. The first kappa shape index (κ1) is 15.7. The first-order valence-electron chi connectivity index (χ1n) is 6.62. The molecule has 0 fully saturated rings. The van der Waals surface area contributed by atoms with Crippen molar-refractivity contribution in [2.45, 2.75) is 26.4 Å². The largest absolute Gasteiger partial charge is 1.00 e. The van der Waals surface area contributed by atoms with Gasteiger partial charge in [0.15, 0.2) is 0 Å². The van der Waals surface area contributed by atoms with Gasteiger partial charge in [-0.2, -0.15) is 0 Å². The van der Waals surface area contributed by atoms with Crippen LogP contribution < -0.4 is 24.0 Å². The summed E-state index contributed by atoms with van der Waals surface area (Å²) in [6.45, 7) is 3.87. The number of carbonyl (C=O) groups is 2. The topological polar surface area (TPSA) is 76.2 Å². The molecule has 0 saturated carbocycles. The molecule has 1 aromatic heterocycles. The van der Waals surface area contributed by atoms with Gasteiger partial charge in [0, 0.05) is 23.0 Å². The number of H-pyrrole nitrogens is 1. The molecule has 0 saturated heterocycles. The smallest absolute Gasteiger partial charge is 0.548 e. The van der Waals surface area contributed by atoms with E-state index in [1.807, 2.05) is 24.3 Å². The Morgan fingerprint density at radius 1 is 1.33 bits per heavy atom. The average molecular weight is 278 g/mol. The van der Waals surface area contributed by atoms with Gasteiger partial charge in [-0.1, -0.05) is 32.0 Å². The molecular weight excluding hydrogens is 263 g/mol. The first-order valence-corrected chi connectivity index (χ1v) is 6.62. The van der Waals surface area contributed by atoms with Gasteiger partial charge in [-0.05, 0) is 12.0 Å². The Balaban J connectivity index is 0.00000161. The van der Waals surface area contributed by atoms with Crippen LogP contribution in [0.15, 0.2) is 24.3 Å². The predicted octanol–water partition coefficient (Wildman–Crippen LogP) is -2.10. The van der Waals surface area contributed by atoms with Crippen molar-refractivity contribution in [1.82, 2.24) is 9.88 Å². The monoisotopic (exact) mass is 278 g/mol. The molecular formula is C15H15LiN2O3. The number of benzene rings is 1. The van der Waals surface area contributed by atoms with Gasteiger partial charge in [-0.25, -0.2) is 0 Å². The summed E-state index contributed by atoms with van der Waals surface area (Å²) in [7, 11) is 0. The zero-order valence-electron chi connectivity index (χ0n) is 12.3. The van der Waals surface area contributed by atoms with Crippen LogP contribution in [0, 0.1) is 5.92 Å². The van der Waals surface area contributed by atoms with Gasteiger partial charge < -0.3 is 19.8 Å². The van der Waals surface area contributed by atoms with E-state index in [0.29, 0.717) is 12.2 Å². The van der Waals surface area contributed by atoms with Crippen LogP contribution in [0.1, 0.15) is 29.9 Å². The number of aromatic nitrogens is 1. The van der Waals surface area contributed by atoms with E-state index >= 15 is 0 Å². The van der Waals surface area contributed by atoms with Crippen LogP contribution in [0.3, 0.4) is 0 Å². The van der Waals surface area contributed by atoms with Crippen LogP contribution in [-0.2, 0) is 11.3 Å². The molecule has 1 aliphatic rings. The number of hydrogen-bond acceptors (Lipinski definition) is 3. The van der Waals surface area contributed by atoms with E-state index in [1.165, 1.54) is 4.90 Å². The van der Waals surface area contributed by atoms with Crippen molar-refractivity contribution in [3.8, 4) is 0 Å². The fraction of sp³-hybridized carbons (Fsp3) is 0.333. The Kier molecular flexibility index (Phi) is 4.17. The second-order valence-electron chi connectivity index (χ2n) is 5.47. The number of carboxylic acids is 1. The summed E-state index contributed by atoms with van der Waals surface area (Å²) in [6.07, 6.45) is 0. The Bertz CT molecular complexity index is 708. The number of aliphatic carboxylic acids is 1. The van der Waals surface area contributed by atoms with Crippen molar-refractivity contribution in [3.63, 3.8) is 0 Å². The minimum Gasteiger partial charge on any atom is -0.548 e. The number of nitrogens with zero attached hydrogens (tertiary/aromatic N) is 1. The summed E-state index contributed by atoms with van der Waals surface area (Å²) in [4.78, 5) is 28.2.